The predicted molar refractivity (Wildman–Crippen MR) is 123 cm³/mol. The summed E-state index contributed by atoms with van der Waals surface area (Å²) in [6.45, 7) is 4.63. The topological polar surface area (TPSA) is 57.2 Å². The molecule has 5 heteroatoms. The molecule has 1 aromatic carbocycles. The van der Waals surface area contributed by atoms with E-state index < -0.39 is 11.6 Å². The van der Waals surface area contributed by atoms with Crippen LogP contribution in [0.5, 0.6) is 5.75 Å². The molecule has 0 bridgehead atoms. The molecular formula is C28H36O5. The zero-order chi connectivity index (χ0) is 22.3. The third-order valence-electron chi connectivity index (χ3n) is 10.3. The molecule has 0 aromatic heterocycles. The van der Waals surface area contributed by atoms with Gasteiger partial charge in [-0.2, -0.15) is 0 Å². The molecule has 0 radical (unpaired) electrons. The summed E-state index contributed by atoms with van der Waals surface area (Å²) in [5, 5.41) is 10.0. The van der Waals surface area contributed by atoms with E-state index in [1.54, 1.807) is 5.57 Å². The van der Waals surface area contributed by atoms with Crippen molar-refractivity contribution in [2.45, 2.75) is 69.4 Å². The minimum atomic E-state index is -0.835. The van der Waals surface area contributed by atoms with E-state index in [-0.39, 0.29) is 5.41 Å². The summed E-state index contributed by atoms with van der Waals surface area (Å²) in [6.07, 6.45) is 10.8. The molecule has 2 saturated heterocycles. The molecule has 5 nitrogen and oxygen atoms in total. The fraction of sp³-hybridized carbons (Fsp3) is 0.714. The first-order chi connectivity index (χ1) is 16.1. The van der Waals surface area contributed by atoms with Crippen LogP contribution in [0.15, 0.2) is 35.9 Å². The van der Waals surface area contributed by atoms with Crippen LogP contribution in [-0.4, -0.2) is 43.1 Å². The average molecular weight is 453 g/mol. The van der Waals surface area contributed by atoms with Crippen molar-refractivity contribution in [2.24, 2.45) is 29.1 Å². The zero-order valence-electron chi connectivity index (χ0n) is 19.6. The van der Waals surface area contributed by atoms with Crippen LogP contribution in [0, 0.1) is 29.1 Å². The maximum atomic E-state index is 10.0. The summed E-state index contributed by atoms with van der Waals surface area (Å²) in [7, 11) is 0. The van der Waals surface area contributed by atoms with Gasteiger partial charge in [-0.3, -0.25) is 0 Å². The Morgan fingerprint density at radius 3 is 2.36 bits per heavy atom. The van der Waals surface area contributed by atoms with E-state index in [1.165, 1.54) is 31.2 Å². The molecule has 1 aromatic rings. The average Bonchev–Trinajstić information content (AvgIpc) is 3.10. The van der Waals surface area contributed by atoms with E-state index in [0.29, 0.717) is 61.8 Å². The predicted octanol–water partition coefficient (Wildman–Crippen LogP) is 5.14. The van der Waals surface area contributed by atoms with Crippen molar-refractivity contribution in [1.29, 1.82) is 0 Å². The van der Waals surface area contributed by atoms with E-state index in [1.807, 2.05) is 12.1 Å². The largest absolute Gasteiger partial charge is 0.508 e. The van der Waals surface area contributed by atoms with Crippen LogP contribution in [0.4, 0.5) is 0 Å². The standard InChI is InChI=1S/C28H36O5/c1-26-16-23(19-6-9-20(29)10-7-19)25-21-5-3-2-4-18(21)8-11-22(25)24(26)17-27-28(26,32-14-12-30-27)33-15-13-31-27/h6-10,21-25,29H,2-5,11-17H2,1H3/t21-,22-,23+,24-,25+,26-,27?,28?/m0/s1. The maximum absolute atomic E-state index is 10.0. The summed E-state index contributed by atoms with van der Waals surface area (Å²) in [5.74, 6) is 1.41. The second-order valence-electron chi connectivity index (χ2n) is 11.5. The van der Waals surface area contributed by atoms with Crippen LogP contribution in [0.3, 0.4) is 0 Å². The quantitative estimate of drug-likeness (QED) is 0.598. The molecule has 5 fully saturated rings. The van der Waals surface area contributed by atoms with Crippen LogP contribution >= 0.6 is 0 Å². The molecule has 0 unspecified atom stereocenters. The van der Waals surface area contributed by atoms with Crippen molar-refractivity contribution in [3.63, 3.8) is 0 Å². The third kappa shape index (κ3) is 2.68. The number of hydrogen-bond acceptors (Lipinski definition) is 5. The molecule has 33 heavy (non-hydrogen) atoms. The molecule has 1 N–H and O–H groups in total. The summed E-state index contributed by atoms with van der Waals surface area (Å²) < 4.78 is 26.2. The molecule has 2 aliphatic heterocycles. The highest BCUT2D eigenvalue weighted by molar-refractivity contribution is 5.34. The number of hydrogen-bond donors (Lipinski definition) is 1. The Balaban J connectivity index is 1.38. The number of aromatic hydroxyl groups is 1. The van der Waals surface area contributed by atoms with Gasteiger partial charge in [-0.25, -0.2) is 0 Å². The van der Waals surface area contributed by atoms with Gasteiger partial charge in [-0.05, 0) is 79.4 Å². The van der Waals surface area contributed by atoms with Gasteiger partial charge >= 0.3 is 0 Å². The first kappa shape index (κ1) is 20.9. The number of ether oxygens (including phenoxy) is 4. The minimum absolute atomic E-state index is 0.197. The van der Waals surface area contributed by atoms with Gasteiger partial charge < -0.3 is 24.1 Å². The van der Waals surface area contributed by atoms with Gasteiger partial charge in [0.1, 0.15) is 5.75 Å². The van der Waals surface area contributed by atoms with Crippen molar-refractivity contribution >= 4 is 0 Å². The van der Waals surface area contributed by atoms with Crippen LogP contribution < -0.4 is 0 Å². The Morgan fingerprint density at radius 1 is 0.879 bits per heavy atom. The highest BCUT2D eigenvalue weighted by Crippen LogP contribution is 2.72. The van der Waals surface area contributed by atoms with Gasteiger partial charge in [0.25, 0.3) is 0 Å². The van der Waals surface area contributed by atoms with Crippen molar-refractivity contribution in [3.8, 4) is 5.75 Å². The Labute approximate surface area is 196 Å². The normalized spacial score (nSPS) is 48.5. The monoisotopic (exact) mass is 452 g/mol. The van der Waals surface area contributed by atoms with Gasteiger partial charge in [0.15, 0.2) is 0 Å². The SMILES string of the molecule is C[C@]12C[C@H](c3ccc(O)cc3)[C@H]3[C@@H](CC=C4CCCC[C@@H]43)[C@@H]1CC13OCCOC12OCCO3. The first-order valence-corrected chi connectivity index (χ1v) is 13.1. The minimum Gasteiger partial charge on any atom is -0.508 e. The molecule has 0 spiro atoms. The first-order valence-electron chi connectivity index (χ1n) is 13.1. The zero-order valence-corrected chi connectivity index (χ0v) is 19.6. The molecule has 4 aliphatic carbocycles. The Morgan fingerprint density at radius 2 is 1.61 bits per heavy atom. The lowest BCUT2D eigenvalue weighted by Crippen LogP contribution is -2.70. The van der Waals surface area contributed by atoms with Crippen LogP contribution in [0.25, 0.3) is 0 Å². The highest BCUT2D eigenvalue weighted by Gasteiger charge is 2.79. The number of fused-ring (bicyclic) bond motifs is 5. The van der Waals surface area contributed by atoms with Gasteiger partial charge in [0.05, 0.1) is 26.4 Å². The van der Waals surface area contributed by atoms with E-state index >= 15 is 0 Å². The van der Waals surface area contributed by atoms with Gasteiger partial charge in [-0.1, -0.05) is 37.1 Å². The Hall–Kier alpha value is -1.40. The van der Waals surface area contributed by atoms with Gasteiger partial charge in [0.2, 0.25) is 11.6 Å². The van der Waals surface area contributed by atoms with E-state index in [2.05, 4.69) is 25.1 Å². The summed E-state index contributed by atoms with van der Waals surface area (Å²) >= 11 is 0. The molecule has 2 heterocycles. The molecule has 3 saturated carbocycles. The second-order valence-corrected chi connectivity index (χ2v) is 11.5. The van der Waals surface area contributed by atoms with E-state index in [4.69, 9.17) is 18.9 Å². The van der Waals surface area contributed by atoms with Crippen LogP contribution in [-0.2, 0) is 18.9 Å². The van der Waals surface area contributed by atoms with Crippen molar-refractivity contribution in [2.75, 3.05) is 26.4 Å². The third-order valence-corrected chi connectivity index (χ3v) is 10.3. The Kier molecular flexibility index (Phi) is 4.63. The lowest BCUT2D eigenvalue weighted by Gasteiger charge is -2.60. The lowest BCUT2D eigenvalue weighted by atomic mass is 9.48. The van der Waals surface area contributed by atoms with E-state index in [0.717, 1.165) is 19.3 Å². The van der Waals surface area contributed by atoms with Gasteiger partial charge in [-0.15, -0.1) is 0 Å². The fourth-order valence-electron chi connectivity index (χ4n) is 9.13. The van der Waals surface area contributed by atoms with E-state index in [9.17, 15) is 5.11 Å². The van der Waals surface area contributed by atoms with Crippen molar-refractivity contribution < 1.29 is 24.1 Å². The van der Waals surface area contributed by atoms with Crippen LogP contribution in [0.2, 0.25) is 0 Å². The van der Waals surface area contributed by atoms with Crippen molar-refractivity contribution in [3.05, 3.63) is 41.5 Å². The fourth-order valence-corrected chi connectivity index (χ4v) is 9.13. The molecule has 7 rings (SSSR count). The number of benzene rings is 1. The smallest absolute Gasteiger partial charge is 0.229 e. The molecule has 6 aliphatic rings. The maximum Gasteiger partial charge on any atom is 0.229 e. The summed E-state index contributed by atoms with van der Waals surface area (Å²) in [6, 6.07) is 8.02. The van der Waals surface area contributed by atoms with Gasteiger partial charge in [0, 0.05) is 11.8 Å². The number of phenols is 1. The van der Waals surface area contributed by atoms with Crippen molar-refractivity contribution in [1.82, 2.24) is 0 Å². The molecular weight excluding hydrogens is 416 g/mol. The molecule has 6 atom stereocenters. The summed E-state index contributed by atoms with van der Waals surface area (Å²) in [4.78, 5) is 0. The summed E-state index contributed by atoms with van der Waals surface area (Å²) in [5.41, 5.74) is 2.85. The Bertz CT molecular complexity index is 942. The molecule has 0 amide bonds. The lowest BCUT2D eigenvalue weighted by molar-refractivity contribution is -0.474. The number of rotatable bonds is 1. The highest BCUT2D eigenvalue weighted by atomic mass is 16.8. The second kappa shape index (κ2) is 7.30. The molecule has 178 valence electrons. The van der Waals surface area contributed by atoms with Crippen LogP contribution in [0.1, 0.15) is 63.4 Å². The number of phenolic OH excluding ortho intramolecular Hbond substituents is 1. The number of allylic oxidation sites excluding steroid dienone is 2.